The van der Waals surface area contributed by atoms with Crippen LogP contribution in [0.5, 0.6) is 11.5 Å². The van der Waals surface area contributed by atoms with E-state index < -0.39 is 5.63 Å². The lowest BCUT2D eigenvalue weighted by Gasteiger charge is -2.25. The second-order valence-electron chi connectivity index (χ2n) is 7.06. The van der Waals surface area contributed by atoms with Crippen LogP contribution in [0, 0.1) is 0 Å². The maximum absolute atomic E-state index is 12.5. The van der Waals surface area contributed by atoms with E-state index in [2.05, 4.69) is 0 Å². The highest BCUT2D eigenvalue weighted by Gasteiger charge is 2.21. The number of methoxy groups -OCH3 is 1. The summed E-state index contributed by atoms with van der Waals surface area (Å²) in [7, 11) is 1.52. The summed E-state index contributed by atoms with van der Waals surface area (Å²) >= 11 is 0. The predicted molar refractivity (Wildman–Crippen MR) is 111 cm³/mol. The van der Waals surface area contributed by atoms with Gasteiger partial charge in [-0.1, -0.05) is 24.3 Å². The molecule has 0 unspecified atom stereocenters. The third kappa shape index (κ3) is 4.05. The summed E-state index contributed by atoms with van der Waals surface area (Å²) in [6.45, 7) is 0.802. The number of hydrogen-bond donors (Lipinski definition) is 0. The van der Waals surface area contributed by atoms with Gasteiger partial charge in [0.25, 0.3) is 5.91 Å². The van der Waals surface area contributed by atoms with Crippen molar-refractivity contribution in [2.24, 2.45) is 0 Å². The molecule has 1 amide bonds. The van der Waals surface area contributed by atoms with Gasteiger partial charge in [0.15, 0.2) is 17.9 Å². The normalized spacial score (nSPS) is 14.0. The quantitative estimate of drug-likeness (QED) is 0.605. The fourth-order valence-electron chi connectivity index (χ4n) is 3.45. The summed E-state index contributed by atoms with van der Waals surface area (Å²) in [6, 6.07) is 14.1. The van der Waals surface area contributed by atoms with E-state index >= 15 is 0 Å². The minimum Gasteiger partial charge on any atom is -0.493 e. The third-order valence-electron chi connectivity index (χ3n) is 5.15. The zero-order valence-electron chi connectivity index (χ0n) is 16.6. The van der Waals surface area contributed by atoms with Crippen LogP contribution in [-0.4, -0.2) is 43.4 Å². The summed E-state index contributed by atoms with van der Waals surface area (Å²) in [5.74, 6) is 1.07. The number of amides is 1. The van der Waals surface area contributed by atoms with E-state index in [1.807, 2.05) is 12.1 Å². The lowest BCUT2D eigenvalue weighted by Crippen LogP contribution is -2.41. The summed E-state index contributed by atoms with van der Waals surface area (Å²) in [5, 5.41) is 0.759. The Hall–Kier alpha value is -3.61. The summed E-state index contributed by atoms with van der Waals surface area (Å²) in [6.07, 6.45) is 0.807. The van der Waals surface area contributed by atoms with Crippen LogP contribution in [0.1, 0.15) is 12.8 Å². The Kier molecular flexibility index (Phi) is 5.52. The zero-order chi connectivity index (χ0) is 21.1. The van der Waals surface area contributed by atoms with Gasteiger partial charge >= 0.3 is 5.63 Å². The van der Waals surface area contributed by atoms with Gasteiger partial charge in [0.1, 0.15) is 11.5 Å². The average Bonchev–Trinajstić information content (AvgIpc) is 2.77. The molecule has 1 aliphatic rings. The predicted octanol–water partition coefficient (Wildman–Crippen LogP) is 3.04. The van der Waals surface area contributed by atoms with E-state index in [0.29, 0.717) is 54.1 Å². The van der Waals surface area contributed by atoms with E-state index in [-0.39, 0.29) is 18.3 Å². The molecule has 4 rings (SSSR count). The van der Waals surface area contributed by atoms with Crippen LogP contribution in [0.2, 0.25) is 0 Å². The first-order valence-corrected chi connectivity index (χ1v) is 9.69. The number of likely N-dealkylation sites (tertiary alicyclic amines) is 1. The van der Waals surface area contributed by atoms with Gasteiger partial charge in [0, 0.05) is 31.3 Å². The van der Waals surface area contributed by atoms with Crippen molar-refractivity contribution in [1.82, 2.24) is 4.90 Å². The van der Waals surface area contributed by atoms with Crippen molar-refractivity contribution < 1.29 is 23.5 Å². The number of piperidine rings is 1. The molecular formula is C23H21NO6. The summed E-state index contributed by atoms with van der Waals surface area (Å²) < 4.78 is 16.3. The van der Waals surface area contributed by atoms with E-state index in [1.54, 1.807) is 41.3 Å². The maximum Gasteiger partial charge on any atom is 0.344 e. The number of ether oxygens (including phenoxy) is 2. The Morgan fingerprint density at radius 1 is 1.07 bits per heavy atom. The molecule has 2 aromatic carbocycles. The first-order valence-electron chi connectivity index (χ1n) is 9.69. The van der Waals surface area contributed by atoms with Gasteiger partial charge in [-0.3, -0.25) is 9.59 Å². The van der Waals surface area contributed by atoms with Crippen LogP contribution in [-0.2, 0) is 9.59 Å². The maximum atomic E-state index is 12.5. The number of benzene rings is 2. The Morgan fingerprint density at radius 2 is 1.80 bits per heavy atom. The molecular weight excluding hydrogens is 386 g/mol. The molecule has 0 spiro atoms. The second-order valence-corrected chi connectivity index (χ2v) is 7.06. The smallest absolute Gasteiger partial charge is 0.344 e. The Labute approximate surface area is 172 Å². The van der Waals surface area contributed by atoms with Gasteiger partial charge in [0.2, 0.25) is 0 Å². The van der Waals surface area contributed by atoms with Gasteiger partial charge in [0.05, 0.1) is 12.7 Å². The van der Waals surface area contributed by atoms with Crippen LogP contribution in [0.4, 0.5) is 0 Å². The van der Waals surface area contributed by atoms with Crippen molar-refractivity contribution in [2.45, 2.75) is 12.8 Å². The molecule has 1 aliphatic heterocycles. The molecule has 0 radical (unpaired) electrons. The van der Waals surface area contributed by atoms with Crippen LogP contribution >= 0.6 is 0 Å². The van der Waals surface area contributed by atoms with Crippen molar-refractivity contribution in [3.05, 3.63) is 59.0 Å². The van der Waals surface area contributed by atoms with Crippen LogP contribution < -0.4 is 15.1 Å². The standard InChI is InChI=1S/C23H21NO6/c1-28-20-4-2-3-16-13-19(23(27)30-22(16)20)15-5-7-18(8-6-15)29-14-21(26)24-11-9-17(25)10-12-24/h2-8,13H,9-12,14H2,1H3. The van der Waals surface area contributed by atoms with Crippen LogP contribution in [0.25, 0.3) is 22.1 Å². The highest BCUT2D eigenvalue weighted by molar-refractivity contribution is 5.86. The zero-order valence-corrected chi connectivity index (χ0v) is 16.6. The number of nitrogens with zero attached hydrogens (tertiary/aromatic N) is 1. The SMILES string of the molecule is COc1cccc2cc(-c3ccc(OCC(=O)N4CCC(=O)CC4)cc3)c(=O)oc12. The van der Waals surface area contributed by atoms with Crippen molar-refractivity contribution in [1.29, 1.82) is 0 Å². The average molecular weight is 407 g/mol. The van der Waals surface area contributed by atoms with E-state index in [0.717, 1.165) is 5.39 Å². The van der Waals surface area contributed by atoms with Gasteiger partial charge in [-0.25, -0.2) is 4.79 Å². The molecule has 7 heteroatoms. The number of rotatable bonds is 5. The number of fused-ring (bicyclic) bond motifs is 1. The first-order chi connectivity index (χ1) is 14.5. The van der Waals surface area contributed by atoms with Crippen LogP contribution in [0.3, 0.4) is 0 Å². The fraction of sp³-hybridized carbons (Fsp3) is 0.261. The molecule has 0 N–H and O–H groups in total. The Bertz CT molecular complexity index is 1140. The number of para-hydroxylation sites is 1. The van der Waals surface area contributed by atoms with Gasteiger partial charge in [-0.05, 0) is 29.8 Å². The van der Waals surface area contributed by atoms with E-state index in [9.17, 15) is 14.4 Å². The molecule has 30 heavy (non-hydrogen) atoms. The first kappa shape index (κ1) is 19.7. The van der Waals surface area contributed by atoms with Crippen molar-refractivity contribution in [2.75, 3.05) is 26.8 Å². The number of hydrogen-bond acceptors (Lipinski definition) is 6. The Morgan fingerprint density at radius 3 is 2.50 bits per heavy atom. The molecule has 0 bridgehead atoms. The minimum absolute atomic E-state index is 0.0918. The topological polar surface area (TPSA) is 86.0 Å². The largest absolute Gasteiger partial charge is 0.493 e. The van der Waals surface area contributed by atoms with Gasteiger partial charge < -0.3 is 18.8 Å². The second kappa shape index (κ2) is 8.41. The monoisotopic (exact) mass is 407 g/mol. The highest BCUT2D eigenvalue weighted by atomic mass is 16.5. The number of Topliss-reactive ketones (excluding diaryl/α,β-unsaturated/α-hetero) is 1. The molecule has 154 valence electrons. The lowest BCUT2D eigenvalue weighted by atomic mass is 10.1. The molecule has 1 saturated heterocycles. The molecule has 3 aromatic rings. The van der Waals surface area contributed by atoms with Gasteiger partial charge in [-0.15, -0.1) is 0 Å². The summed E-state index contributed by atoms with van der Waals surface area (Å²) in [5.41, 5.74) is 1.06. The van der Waals surface area contributed by atoms with Gasteiger partial charge in [-0.2, -0.15) is 0 Å². The Balaban J connectivity index is 1.47. The minimum atomic E-state index is -0.463. The number of carbonyl (C=O) groups excluding carboxylic acids is 2. The molecule has 2 heterocycles. The van der Waals surface area contributed by atoms with Crippen molar-refractivity contribution in [3.63, 3.8) is 0 Å². The third-order valence-corrected chi connectivity index (χ3v) is 5.15. The van der Waals surface area contributed by atoms with E-state index in [1.165, 1.54) is 7.11 Å². The fourth-order valence-corrected chi connectivity index (χ4v) is 3.45. The molecule has 7 nitrogen and oxygen atoms in total. The molecule has 0 atom stereocenters. The number of carbonyl (C=O) groups is 2. The lowest BCUT2D eigenvalue weighted by molar-refractivity contribution is -0.136. The summed E-state index contributed by atoms with van der Waals surface area (Å²) in [4.78, 5) is 37.6. The molecule has 0 saturated carbocycles. The van der Waals surface area contributed by atoms with E-state index in [4.69, 9.17) is 13.9 Å². The van der Waals surface area contributed by atoms with Crippen LogP contribution in [0.15, 0.2) is 57.7 Å². The number of ketones is 1. The van der Waals surface area contributed by atoms with Crippen molar-refractivity contribution in [3.8, 4) is 22.6 Å². The molecule has 0 aliphatic carbocycles. The van der Waals surface area contributed by atoms with Crippen molar-refractivity contribution >= 4 is 22.7 Å². The molecule has 1 aromatic heterocycles. The highest BCUT2D eigenvalue weighted by Crippen LogP contribution is 2.28. The molecule has 1 fully saturated rings.